The lowest BCUT2D eigenvalue weighted by atomic mass is 9.91. The first-order valence-corrected chi connectivity index (χ1v) is 11.9. The summed E-state index contributed by atoms with van der Waals surface area (Å²) in [5, 5.41) is 12.5. The second kappa shape index (κ2) is 8.82. The molecule has 4 aromatic rings. The molecule has 34 heavy (non-hydrogen) atoms. The summed E-state index contributed by atoms with van der Waals surface area (Å²) in [5.41, 5.74) is 3.89. The van der Waals surface area contributed by atoms with E-state index in [0.717, 1.165) is 58.2 Å². The molecule has 1 atom stereocenters. The molecule has 1 N–H and O–H groups in total. The SMILES string of the molecule is Cn1c(C2CCN(CC(C)(C)O)C2)cc(-c2ccncc2)c(-c2ccc3ccccc3c2)c1=O. The molecule has 0 bridgehead atoms. The highest BCUT2D eigenvalue weighted by Crippen LogP contribution is 2.35. The van der Waals surface area contributed by atoms with Gasteiger partial charge >= 0.3 is 0 Å². The molecule has 3 heterocycles. The van der Waals surface area contributed by atoms with E-state index in [4.69, 9.17) is 0 Å². The van der Waals surface area contributed by atoms with Gasteiger partial charge in [-0.15, -0.1) is 0 Å². The summed E-state index contributed by atoms with van der Waals surface area (Å²) in [6, 6.07) is 20.6. The van der Waals surface area contributed by atoms with E-state index in [2.05, 4.69) is 40.2 Å². The van der Waals surface area contributed by atoms with Crippen LogP contribution in [-0.2, 0) is 7.05 Å². The van der Waals surface area contributed by atoms with Crippen LogP contribution in [0.5, 0.6) is 0 Å². The van der Waals surface area contributed by atoms with Crippen molar-refractivity contribution in [3.63, 3.8) is 0 Å². The van der Waals surface area contributed by atoms with Crippen molar-refractivity contribution in [2.45, 2.75) is 31.8 Å². The Labute approximate surface area is 200 Å². The maximum Gasteiger partial charge on any atom is 0.259 e. The lowest BCUT2D eigenvalue weighted by molar-refractivity contribution is 0.0435. The summed E-state index contributed by atoms with van der Waals surface area (Å²) >= 11 is 0. The monoisotopic (exact) mass is 453 g/mol. The number of aromatic nitrogens is 2. The van der Waals surface area contributed by atoms with Crippen molar-refractivity contribution in [3.8, 4) is 22.3 Å². The molecular formula is C29H31N3O2. The van der Waals surface area contributed by atoms with Gasteiger partial charge in [-0.3, -0.25) is 14.7 Å². The van der Waals surface area contributed by atoms with E-state index in [1.807, 2.05) is 55.8 Å². The van der Waals surface area contributed by atoms with Crippen LogP contribution in [0.3, 0.4) is 0 Å². The van der Waals surface area contributed by atoms with Crippen LogP contribution in [0.2, 0.25) is 0 Å². The maximum absolute atomic E-state index is 13.9. The highest BCUT2D eigenvalue weighted by molar-refractivity contribution is 5.91. The first-order chi connectivity index (χ1) is 16.3. The van der Waals surface area contributed by atoms with Crippen molar-refractivity contribution < 1.29 is 5.11 Å². The van der Waals surface area contributed by atoms with Gasteiger partial charge in [-0.2, -0.15) is 0 Å². The minimum absolute atomic E-state index is 0.0144. The number of hydrogen-bond donors (Lipinski definition) is 1. The van der Waals surface area contributed by atoms with Crippen molar-refractivity contribution in [2.24, 2.45) is 7.05 Å². The van der Waals surface area contributed by atoms with Gasteiger partial charge in [0.05, 0.1) is 11.2 Å². The highest BCUT2D eigenvalue weighted by atomic mass is 16.3. The first kappa shape index (κ1) is 22.5. The van der Waals surface area contributed by atoms with Gasteiger partial charge in [-0.1, -0.05) is 36.4 Å². The predicted octanol–water partition coefficient (Wildman–Crippen LogP) is 4.83. The van der Waals surface area contributed by atoms with Gasteiger partial charge in [-0.25, -0.2) is 0 Å². The summed E-state index contributed by atoms with van der Waals surface area (Å²) < 4.78 is 1.83. The molecule has 2 aromatic heterocycles. The summed E-state index contributed by atoms with van der Waals surface area (Å²) in [5.74, 6) is 0.242. The van der Waals surface area contributed by atoms with Gasteiger partial charge in [-0.05, 0) is 78.5 Å². The van der Waals surface area contributed by atoms with Gasteiger partial charge in [0.25, 0.3) is 5.56 Å². The van der Waals surface area contributed by atoms with E-state index < -0.39 is 5.60 Å². The Hall–Kier alpha value is -3.28. The Kier molecular flexibility index (Phi) is 5.84. The topological polar surface area (TPSA) is 58.4 Å². The number of hydrogen-bond acceptors (Lipinski definition) is 4. The molecule has 1 unspecified atom stereocenters. The van der Waals surface area contributed by atoms with Crippen LogP contribution < -0.4 is 5.56 Å². The smallest absolute Gasteiger partial charge is 0.259 e. The molecule has 0 radical (unpaired) electrons. The number of pyridine rings is 2. The zero-order valence-electron chi connectivity index (χ0n) is 20.0. The average molecular weight is 454 g/mol. The standard InChI is InChI=1S/C29H31N3O2/c1-29(2,34)19-32-15-12-24(18-32)26-17-25(21-10-13-30-14-11-21)27(28(33)31(26)3)23-9-8-20-6-4-5-7-22(20)16-23/h4-11,13-14,16-17,24,34H,12,15,18-19H2,1-3H3. The van der Waals surface area contributed by atoms with E-state index in [1.165, 1.54) is 0 Å². The van der Waals surface area contributed by atoms with Crippen molar-refractivity contribution >= 4 is 10.8 Å². The number of β-amino-alcohol motifs (C(OH)–C–C–N with tert-alkyl or cyclic N) is 1. The van der Waals surface area contributed by atoms with Crippen LogP contribution in [0.15, 0.2) is 77.9 Å². The number of likely N-dealkylation sites (tertiary alicyclic amines) is 1. The van der Waals surface area contributed by atoms with Crippen LogP contribution in [0.4, 0.5) is 0 Å². The van der Waals surface area contributed by atoms with Crippen molar-refractivity contribution in [3.05, 3.63) is 89.1 Å². The number of aliphatic hydroxyl groups is 1. The Bertz CT molecular complexity index is 1390. The maximum atomic E-state index is 13.9. The third kappa shape index (κ3) is 4.41. The molecule has 1 fully saturated rings. The largest absolute Gasteiger partial charge is 0.389 e. The van der Waals surface area contributed by atoms with Crippen molar-refractivity contribution in [1.29, 1.82) is 0 Å². The zero-order valence-corrected chi connectivity index (χ0v) is 20.0. The Morgan fingerprint density at radius 1 is 1.00 bits per heavy atom. The summed E-state index contributed by atoms with van der Waals surface area (Å²) in [4.78, 5) is 20.4. The van der Waals surface area contributed by atoms with E-state index in [1.54, 1.807) is 12.4 Å². The molecule has 1 saturated heterocycles. The predicted molar refractivity (Wildman–Crippen MR) is 138 cm³/mol. The molecule has 5 heteroatoms. The zero-order chi connectivity index (χ0) is 23.9. The number of nitrogens with zero attached hydrogens (tertiary/aromatic N) is 3. The fourth-order valence-electron chi connectivity index (χ4n) is 5.26. The summed E-state index contributed by atoms with van der Waals surface area (Å²) in [7, 11) is 1.89. The fourth-order valence-corrected chi connectivity index (χ4v) is 5.26. The van der Waals surface area contributed by atoms with Gasteiger partial charge in [0.15, 0.2) is 0 Å². The average Bonchev–Trinajstić information content (AvgIpc) is 3.27. The minimum atomic E-state index is -0.733. The first-order valence-electron chi connectivity index (χ1n) is 11.9. The van der Waals surface area contributed by atoms with Crippen LogP contribution in [0.1, 0.15) is 31.9 Å². The molecule has 0 spiro atoms. The van der Waals surface area contributed by atoms with Crippen LogP contribution >= 0.6 is 0 Å². The molecule has 0 amide bonds. The van der Waals surface area contributed by atoms with E-state index in [0.29, 0.717) is 6.54 Å². The van der Waals surface area contributed by atoms with Crippen molar-refractivity contribution in [2.75, 3.05) is 19.6 Å². The number of benzene rings is 2. The third-order valence-electron chi connectivity index (χ3n) is 6.80. The van der Waals surface area contributed by atoms with Crippen LogP contribution in [0, 0.1) is 0 Å². The van der Waals surface area contributed by atoms with Crippen LogP contribution in [0.25, 0.3) is 33.0 Å². The Balaban J connectivity index is 1.64. The van der Waals surface area contributed by atoms with Crippen LogP contribution in [-0.4, -0.2) is 44.8 Å². The van der Waals surface area contributed by atoms with Gasteiger partial charge < -0.3 is 9.67 Å². The molecular weight excluding hydrogens is 422 g/mol. The molecule has 5 rings (SSSR count). The normalized spacial score (nSPS) is 16.9. The number of fused-ring (bicyclic) bond motifs is 1. The molecule has 0 aliphatic carbocycles. The molecule has 2 aromatic carbocycles. The Morgan fingerprint density at radius 2 is 1.74 bits per heavy atom. The third-order valence-corrected chi connectivity index (χ3v) is 6.80. The minimum Gasteiger partial charge on any atom is -0.389 e. The fraction of sp³-hybridized carbons (Fsp3) is 0.310. The van der Waals surface area contributed by atoms with E-state index in [9.17, 15) is 9.90 Å². The van der Waals surface area contributed by atoms with Gasteiger partial charge in [0.2, 0.25) is 0 Å². The molecule has 174 valence electrons. The van der Waals surface area contributed by atoms with Gasteiger partial charge in [0.1, 0.15) is 0 Å². The van der Waals surface area contributed by atoms with E-state index >= 15 is 0 Å². The van der Waals surface area contributed by atoms with Crippen molar-refractivity contribution in [1.82, 2.24) is 14.5 Å². The molecule has 0 saturated carbocycles. The second-order valence-corrected chi connectivity index (χ2v) is 10.1. The summed E-state index contributed by atoms with van der Waals surface area (Å²) in [6.07, 6.45) is 4.52. The lowest BCUT2D eigenvalue weighted by Gasteiger charge is -2.25. The van der Waals surface area contributed by atoms with Gasteiger partial charge in [0, 0.05) is 44.1 Å². The van der Waals surface area contributed by atoms with E-state index in [-0.39, 0.29) is 11.5 Å². The Morgan fingerprint density at radius 3 is 2.47 bits per heavy atom. The highest BCUT2D eigenvalue weighted by Gasteiger charge is 2.30. The number of rotatable bonds is 5. The molecule has 1 aliphatic heterocycles. The summed E-state index contributed by atoms with van der Waals surface area (Å²) in [6.45, 7) is 6.07. The molecule has 1 aliphatic rings. The molecule has 5 nitrogen and oxygen atoms in total. The quantitative estimate of drug-likeness (QED) is 0.470. The lowest BCUT2D eigenvalue weighted by Crippen LogP contribution is -2.37. The second-order valence-electron chi connectivity index (χ2n) is 10.1.